The summed E-state index contributed by atoms with van der Waals surface area (Å²) in [6, 6.07) is 5.36. The van der Waals surface area contributed by atoms with Crippen molar-refractivity contribution >= 4 is 29.1 Å². The van der Waals surface area contributed by atoms with E-state index in [2.05, 4.69) is 5.32 Å². The van der Waals surface area contributed by atoms with Crippen molar-refractivity contribution in [1.29, 1.82) is 0 Å². The first-order chi connectivity index (χ1) is 7.95. The second kappa shape index (κ2) is 6.24. The Balaban J connectivity index is 2.76. The van der Waals surface area contributed by atoms with Gasteiger partial charge in [-0.3, -0.25) is 4.79 Å². The van der Waals surface area contributed by atoms with Crippen LogP contribution in [-0.4, -0.2) is 19.0 Å². The van der Waals surface area contributed by atoms with Gasteiger partial charge in [0.15, 0.2) is 6.04 Å². The van der Waals surface area contributed by atoms with Crippen molar-refractivity contribution in [3.63, 3.8) is 0 Å². The zero-order chi connectivity index (χ0) is 13.0. The van der Waals surface area contributed by atoms with Crippen molar-refractivity contribution < 1.29 is 10.1 Å². The number of nitrogens with one attached hydrogen (secondary N) is 1. The zero-order valence-corrected chi connectivity index (χ0v) is 11.6. The molecule has 2 atom stereocenters. The van der Waals surface area contributed by atoms with E-state index in [4.69, 9.17) is 23.2 Å². The summed E-state index contributed by atoms with van der Waals surface area (Å²) < 4.78 is 0. The highest BCUT2D eigenvalue weighted by atomic mass is 35.5. The van der Waals surface area contributed by atoms with E-state index in [-0.39, 0.29) is 18.0 Å². The lowest BCUT2D eigenvalue weighted by Crippen LogP contribution is -2.92. The highest BCUT2D eigenvalue weighted by Crippen LogP contribution is 2.24. The molecule has 3 nitrogen and oxygen atoms in total. The molecule has 0 spiro atoms. The van der Waals surface area contributed by atoms with E-state index in [0.717, 1.165) is 5.56 Å². The van der Waals surface area contributed by atoms with Gasteiger partial charge in [0.05, 0.1) is 5.02 Å². The molecule has 94 valence electrons. The lowest BCUT2D eigenvalue weighted by molar-refractivity contribution is -0.710. The van der Waals surface area contributed by atoms with Crippen molar-refractivity contribution in [3.05, 3.63) is 33.8 Å². The lowest BCUT2D eigenvalue weighted by atomic mass is 10.1. The second-order valence-corrected chi connectivity index (χ2v) is 4.89. The minimum absolute atomic E-state index is 0.00179. The Morgan fingerprint density at radius 2 is 2.00 bits per heavy atom. The third-order valence-electron chi connectivity index (χ3n) is 2.69. The first-order valence-corrected chi connectivity index (χ1v) is 6.22. The maximum atomic E-state index is 11.4. The van der Waals surface area contributed by atoms with Gasteiger partial charge in [-0.05, 0) is 26.0 Å². The molecule has 0 saturated heterocycles. The Labute approximate surface area is 111 Å². The van der Waals surface area contributed by atoms with Gasteiger partial charge in [0, 0.05) is 17.6 Å². The van der Waals surface area contributed by atoms with Crippen LogP contribution < -0.4 is 10.6 Å². The topological polar surface area (TPSA) is 45.7 Å². The fraction of sp³-hybridized carbons (Fsp3) is 0.417. The van der Waals surface area contributed by atoms with Crippen molar-refractivity contribution in [1.82, 2.24) is 5.32 Å². The number of rotatable bonds is 4. The third-order valence-corrected chi connectivity index (χ3v) is 3.25. The van der Waals surface area contributed by atoms with Crippen molar-refractivity contribution in [2.45, 2.75) is 25.9 Å². The maximum Gasteiger partial charge on any atom is 0.277 e. The number of carbonyl (C=O) groups excluding carboxylic acids is 1. The van der Waals surface area contributed by atoms with Crippen LogP contribution in [0.4, 0.5) is 0 Å². The molecule has 0 aliphatic carbocycles. The van der Waals surface area contributed by atoms with E-state index in [0.29, 0.717) is 10.0 Å². The van der Waals surface area contributed by atoms with Crippen molar-refractivity contribution in [2.24, 2.45) is 0 Å². The quantitative estimate of drug-likeness (QED) is 0.864. The summed E-state index contributed by atoms with van der Waals surface area (Å²) in [5.74, 6) is 0.00179. The lowest BCUT2D eigenvalue weighted by Gasteiger charge is -2.17. The van der Waals surface area contributed by atoms with Gasteiger partial charge in [-0.25, -0.2) is 0 Å². The first-order valence-electron chi connectivity index (χ1n) is 5.47. The molecule has 0 unspecified atom stereocenters. The second-order valence-electron chi connectivity index (χ2n) is 4.05. The molecule has 0 bridgehead atoms. The molecule has 0 fully saturated rings. The molecular weight excluding hydrogens is 259 g/mol. The average molecular weight is 276 g/mol. The van der Waals surface area contributed by atoms with Gasteiger partial charge in [-0.2, -0.15) is 0 Å². The van der Waals surface area contributed by atoms with E-state index in [1.54, 1.807) is 19.2 Å². The molecule has 1 aromatic rings. The number of likely N-dealkylation sites (N-methyl/N-ethyl adjacent to an activating group) is 1. The van der Waals surface area contributed by atoms with Crippen LogP contribution in [0.1, 0.15) is 25.5 Å². The van der Waals surface area contributed by atoms with Gasteiger partial charge >= 0.3 is 0 Å². The van der Waals surface area contributed by atoms with Crippen LogP contribution in [0.5, 0.6) is 0 Å². The van der Waals surface area contributed by atoms with Crippen LogP contribution in [0.25, 0.3) is 0 Å². The molecular formula is C12H17Cl2N2O+. The number of amides is 1. The van der Waals surface area contributed by atoms with Gasteiger partial charge in [0.1, 0.15) is 6.04 Å². The molecule has 1 amide bonds. The SMILES string of the molecule is CNC(=O)[C@H](C)[NH2+][C@@H](C)c1ccc(Cl)cc1Cl. The fourth-order valence-corrected chi connectivity index (χ4v) is 2.30. The summed E-state index contributed by atoms with van der Waals surface area (Å²) in [7, 11) is 1.63. The smallest absolute Gasteiger partial charge is 0.277 e. The molecule has 1 rings (SSSR count). The Kier molecular flexibility index (Phi) is 5.25. The van der Waals surface area contributed by atoms with Crippen LogP contribution in [0.3, 0.4) is 0 Å². The Morgan fingerprint density at radius 3 is 2.53 bits per heavy atom. The fourth-order valence-electron chi connectivity index (χ4n) is 1.72. The Hall–Kier alpha value is -0.770. The first kappa shape index (κ1) is 14.3. The molecule has 0 aromatic heterocycles. The monoisotopic (exact) mass is 275 g/mol. The summed E-state index contributed by atoms with van der Waals surface area (Å²) in [4.78, 5) is 11.4. The Bertz CT molecular complexity index is 409. The molecule has 0 radical (unpaired) electrons. The predicted octanol–water partition coefficient (Wildman–Crippen LogP) is 1.75. The Morgan fingerprint density at radius 1 is 1.35 bits per heavy atom. The van der Waals surface area contributed by atoms with Crippen LogP contribution in [0.2, 0.25) is 10.0 Å². The maximum absolute atomic E-state index is 11.4. The highest BCUT2D eigenvalue weighted by Gasteiger charge is 2.20. The summed E-state index contributed by atoms with van der Waals surface area (Å²) in [6.45, 7) is 3.87. The predicted molar refractivity (Wildman–Crippen MR) is 70.3 cm³/mol. The summed E-state index contributed by atoms with van der Waals surface area (Å²) >= 11 is 12.0. The van der Waals surface area contributed by atoms with E-state index in [1.807, 2.05) is 25.2 Å². The zero-order valence-electron chi connectivity index (χ0n) is 10.1. The largest absolute Gasteiger partial charge is 0.354 e. The van der Waals surface area contributed by atoms with Crippen LogP contribution in [0.15, 0.2) is 18.2 Å². The summed E-state index contributed by atoms with van der Waals surface area (Å²) in [5, 5.41) is 5.83. The minimum atomic E-state index is -0.151. The van der Waals surface area contributed by atoms with Gasteiger partial charge in [-0.1, -0.05) is 29.3 Å². The van der Waals surface area contributed by atoms with Gasteiger partial charge < -0.3 is 10.6 Å². The molecule has 5 heteroatoms. The van der Waals surface area contributed by atoms with Crippen molar-refractivity contribution in [3.8, 4) is 0 Å². The number of carbonyl (C=O) groups is 1. The van der Waals surface area contributed by atoms with E-state index in [9.17, 15) is 4.79 Å². The number of hydrogen-bond donors (Lipinski definition) is 2. The number of nitrogens with two attached hydrogens (primary N) is 1. The number of halogens is 2. The van der Waals surface area contributed by atoms with E-state index >= 15 is 0 Å². The molecule has 0 aliphatic heterocycles. The van der Waals surface area contributed by atoms with Crippen LogP contribution >= 0.6 is 23.2 Å². The highest BCUT2D eigenvalue weighted by molar-refractivity contribution is 6.35. The normalized spacial score (nSPS) is 14.2. The minimum Gasteiger partial charge on any atom is -0.354 e. The molecule has 0 aliphatic rings. The van der Waals surface area contributed by atoms with Crippen LogP contribution in [0, 0.1) is 0 Å². The number of hydrogen-bond acceptors (Lipinski definition) is 1. The molecule has 17 heavy (non-hydrogen) atoms. The van der Waals surface area contributed by atoms with Gasteiger partial charge in [-0.15, -0.1) is 0 Å². The van der Waals surface area contributed by atoms with Gasteiger partial charge in [0.25, 0.3) is 5.91 Å². The van der Waals surface area contributed by atoms with E-state index in [1.165, 1.54) is 0 Å². The average Bonchev–Trinajstić information content (AvgIpc) is 2.27. The van der Waals surface area contributed by atoms with Crippen molar-refractivity contribution in [2.75, 3.05) is 7.05 Å². The summed E-state index contributed by atoms with van der Waals surface area (Å²) in [5.41, 5.74) is 0.979. The van der Waals surface area contributed by atoms with Gasteiger partial charge in [0.2, 0.25) is 0 Å². The molecule has 1 aromatic carbocycles. The number of benzene rings is 1. The molecule has 0 saturated carbocycles. The standard InChI is InChI=1S/C12H16Cl2N2O/c1-7(16-8(2)12(17)15-3)10-5-4-9(13)6-11(10)14/h4-8,16H,1-3H3,(H,15,17)/p+1/t7-,8-/m0/s1. The molecule has 3 N–H and O–H groups in total. The third kappa shape index (κ3) is 3.87. The van der Waals surface area contributed by atoms with E-state index < -0.39 is 0 Å². The molecule has 0 heterocycles. The number of quaternary nitrogens is 1. The summed E-state index contributed by atoms with van der Waals surface area (Å²) in [6.07, 6.45) is 0. The van der Waals surface area contributed by atoms with Crippen LogP contribution in [-0.2, 0) is 4.79 Å².